The van der Waals surface area contributed by atoms with E-state index in [2.05, 4.69) is 72.2 Å². The van der Waals surface area contributed by atoms with E-state index in [1.807, 2.05) is 12.2 Å². The smallest absolute Gasteiger partial charge is 0.0298 e. The zero-order valence-electron chi connectivity index (χ0n) is 12.6. The molecule has 2 aliphatic carbocycles. The van der Waals surface area contributed by atoms with Crippen molar-refractivity contribution in [3.05, 3.63) is 84.7 Å². The lowest BCUT2D eigenvalue weighted by molar-refractivity contribution is 0.539. The standard InChI is InChI=1S/C20H25N/c1-2-4-6-8-11-15-19(16-12-9-7-5-3-1)21-20-17-13-10-14-18-20/h1-9,11,13,17-19,21H,10,12,14-16H2. The second kappa shape index (κ2) is 9.82. The SMILES string of the molecule is C1=CC=CC=CCC(NC2=CCCC=C2)CCC=CC=C1. The third-order valence-corrected chi connectivity index (χ3v) is 3.52. The average molecular weight is 279 g/mol. The Morgan fingerprint density at radius 1 is 0.714 bits per heavy atom. The third kappa shape index (κ3) is 6.80. The van der Waals surface area contributed by atoms with Crippen LogP contribution in [0.25, 0.3) is 0 Å². The molecule has 0 aromatic heterocycles. The van der Waals surface area contributed by atoms with Gasteiger partial charge in [0.25, 0.3) is 0 Å². The van der Waals surface area contributed by atoms with Crippen LogP contribution in [0.4, 0.5) is 0 Å². The van der Waals surface area contributed by atoms with E-state index in [-0.39, 0.29) is 0 Å². The van der Waals surface area contributed by atoms with Crippen LogP contribution in [-0.2, 0) is 0 Å². The molecule has 0 aromatic carbocycles. The van der Waals surface area contributed by atoms with E-state index in [1.54, 1.807) is 0 Å². The van der Waals surface area contributed by atoms with Crippen LogP contribution in [0, 0.1) is 0 Å². The summed E-state index contributed by atoms with van der Waals surface area (Å²) in [7, 11) is 0. The maximum atomic E-state index is 3.67. The highest BCUT2D eigenvalue weighted by Gasteiger charge is 2.07. The Kier molecular flexibility index (Phi) is 7.19. The fourth-order valence-corrected chi connectivity index (χ4v) is 2.38. The molecule has 1 unspecified atom stereocenters. The molecular weight excluding hydrogens is 254 g/mol. The largest absolute Gasteiger partial charge is 0.382 e. The van der Waals surface area contributed by atoms with Gasteiger partial charge in [-0.2, -0.15) is 0 Å². The molecule has 0 spiro atoms. The lowest BCUT2D eigenvalue weighted by Gasteiger charge is -2.20. The number of hydrogen-bond acceptors (Lipinski definition) is 1. The molecule has 0 saturated carbocycles. The van der Waals surface area contributed by atoms with E-state index in [4.69, 9.17) is 0 Å². The van der Waals surface area contributed by atoms with E-state index >= 15 is 0 Å². The van der Waals surface area contributed by atoms with Crippen molar-refractivity contribution in [3.63, 3.8) is 0 Å². The van der Waals surface area contributed by atoms with Gasteiger partial charge in [-0.3, -0.25) is 0 Å². The topological polar surface area (TPSA) is 12.0 Å². The van der Waals surface area contributed by atoms with Gasteiger partial charge in [0.05, 0.1) is 0 Å². The Labute approximate surface area is 128 Å². The Morgan fingerprint density at radius 3 is 2.14 bits per heavy atom. The highest BCUT2D eigenvalue weighted by atomic mass is 14.9. The molecule has 21 heavy (non-hydrogen) atoms. The predicted molar refractivity (Wildman–Crippen MR) is 92.9 cm³/mol. The normalized spacial score (nSPS) is 22.9. The Morgan fingerprint density at radius 2 is 1.43 bits per heavy atom. The molecule has 0 saturated heterocycles. The first-order valence-corrected chi connectivity index (χ1v) is 7.90. The molecule has 110 valence electrons. The lowest BCUT2D eigenvalue weighted by atomic mass is 10.0. The van der Waals surface area contributed by atoms with Gasteiger partial charge in [0, 0.05) is 11.7 Å². The molecule has 0 aliphatic heterocycles. The van der Waals surface area contributed by atoms with Gasteiger partial charge >= 0.3 is 0 Å². The Hall–Kier alpha value is -2.02. The van der Waals surface area contributed by atoms with Crippen LogP contribution >= 0.6 is 0 Å². The molecule has 1 N–H and O–H groups in total. The van der Waals surface area contributed by atoms with Crippen LogP contribution in [0.3, 0.4) is 0 Å². The fourth-order valence-electron chi connectivity index (χ4n) is 2.38. The van der Waals surface area contributed by atoms with E-state index in [9.17, 15) is 0 Å². The minimum absolute atomic E-state index is 0.496. The Bertz CT molecular complexity index is 498. The molecule has 1 nitrogen and oxygen atoms in total. The van der Waals surface area contributed by atoms with Gasteiger partial charge in [-0.15, -0.1) is 0 Å². The number of hydrogen-bond donors (Lipinski definition) is 1. The molecule has 0 aromatic rings. The first-order chi connectivity index (χ1) is 10.4. The van der Waals surface area contributed by atoms with Gasteiger partial charge in [-0.1, -0.05) is 72.9 Å². The minimum Gasteiger partial charge on any atom is -0.382 e. The lowest BCUT2D eigenvalue weighted by Crippen LogP contribution is -2.27. The van der Waals surface area contributed by atoms with Crippen LogP contribution in [-0.4, -0.2) is 6.04 Å². The van der Waals surface area contributed by atoms with E-state index < -0.39 is 0 Å². The summed E-state index contributed by atoms with van der Waals surface area (Å²) in [4.78, 5) is 0. The minimum atomic E-state index is 0.496. The molecule has 2 rings (SSSR count). The first kappa shape index (κ1) is 15.4. The monoisotopic (exact) mass is 279 g/mol. The fraction of sp³-hybridized carbons (Fsp3) is 0.300. The van der Waals surface area contributed by atoms with Gasteiger partial charge in [0.2, 0.25) is 0 Å². The maximum absolute atomic E-state index is 3.67. The molecule has 0 radical (unpaired) electrons. The summed E-state index contributed by atoms with van der Waals surface area (Å²) >= 11 is 0. The second-order valence-electron chi connectivity index (χ2n) is 5.30. The summed E-state index contributed by atoms with van der Waals surface area (Å²) < 4.78 is 0. The quantitative estimate of drug-likeness (QED) is 0.737. The van der Waals surface area contributed by atoms with Gasteiger partial charge in [0.15, 0.2) is 0 Å². The molecule has 2 aliphatic rings. The summed E-state index contributed by atoms with van der Waals surface area (Å²) in [6.45, 7) is 0. The van der Waals surface area contributed by atoms with Crippen molar-refractivity contribution < 1.29 is 0 Å². The summed E-state index contributed by atoms with van der Waals surface area (Å²) in [6, 6.07) is 0.496. The van der Waals surface area contributed by atoms with E-state index in [0.717, 1.165) is 25.7 Å². The van der Waals surface area contributed by atoms with Crippen LogP contribution in [0.15, 0.2) is 84.7 Å². The molecule has 0 fully saturated rings. The summed E-state index contributed by atoms with van der Waals surface area (Å²) in [5, 5.41) is 3.67. The van der Waals surface area contributed by atoms with Crippen LogP contribution in [0.1, 0.15) is 32.1 Å². The molecule has 0 bridgehead atoms. The maximum Gasteiger partial charge on any atom is 0.0298 e. The van der Waals surface area contributed by atoms with Crippen molar-refractivity contribution in [2.45, 2.75) is 38.1 Å². The highest BCUT2D eigenvalue weighted by molar-refractivity contribution is 5.22. The highest BCUT2D eigenvalue weighted by Crippen LogP contribution is 2.12. The Balaban J connectivity index is 1.96. The summed E-state index contributed by atoms with van der Waals surface area (Å²) in [6.07, 6.45) is 33.6. The number of nitrogens with one attached hydrogen (secondary N) is 1. The molecule has 1 atom stereocenters. The number of allylic oxidation sites excluding steroid dienone is 12. The van der Waals surface area contributed by atoms with E-state index in [1.165, 1.54) is 12.1 Å². The number of rotatable bonds is 2. The molecule has 0 amide bonds. The van der Waals surface area contributed by atoms with Gasteiger partial charge in [0.1, 0.15) is 0 Å². The van der Waals surface area contributed by atoms with Crippen molar-refractivity contribution in [1.82, 2.24) is 5.32 Å². The first-order valence-electron chi connectivity index (χ1n) is 7.90. The van der Waals surface area contributed by atoms with Crippen molar-refractivity contribution in [2.24, 2.45) is 0 Å². The zero-order valence-corrected chi connectivity index (χ0v) is 12.6. The van der Waals surface area contributed by atoms with E-state index in [0.29, 0.717) is 6.04 Å². The third-order valence-electron chi connectivity index (χ3n) is 3.52. The van der Waals surface area contributed by atoms with Crippen molar-refractivity contribution in [3.8, 4) is 0 Å². The molecular formula is C20H25N. The zero-order chi connectivity index (χ0) is 14.6. The van der Waals surface area contributed by atoms with Gasteiger partial charge in [-0.25, -0.2) is 0 Å². The summed E-state index contributed by atoms with van der Waals surface area (Å²) in [5.41, 5.74) is 1.28. The second-order valence-corrected chi connectivity index (χ2v) is 5.30. The van der Waals surface area contributed by atoms with Crippen LogP contribution < -0.4 is 5.32 Å². The van der Waals surface area contributed by atoms with Gasteiger partial charge in [-0.05, 0) is 38.2 Å². The van der Waals surface area contributed by atoms with Crippen LogP contribution in [0.5, 0.6) is 0 Å². The molecule has 1 heteroatoms. The predicted octanol–water partition coefficient (Wildman–Crippen LogP) is 5.14. The van der Waals surface area contributed by atoms with Crippen LogP contribution in [0.2, 0.25) is 0 Å². The van der Waals surface area contributed by atoms with Crippen molar-refractivity contribution in [1.29, 1.82) is 0 Å². The summed E-state index contributed by atoms with van der Waals surface area (Å²) in [5.74, 6) is 0. The van der Waals surface area contributed by atoms with Gasteiger partial charge < -0.3 is 5.32 Å². The van der Waals surface area contributed by atoms with Crippen molar-refractivity contribution >= 4 is 0 Å². The van der Waals surface area contributed by atoms with Crippen molar-refractivity contribution in [2.75, 3.05) is 0 Å². The average Bonchev–Trinajstić information content (AvgIpc) is 2.52. The molecule has 0 heterocycles.